The smallest absolute Gasteiger partial charge is 0.342 e. The van der Waals surface area contributed by atoms with E-state index < -0.39 is 0 Å². The molecule has 8 heteroatoms. The summed E-state index contributed by atoms with van der Waals surface area (Å²) < 4.78 is 25.3. The predicted molar refractivity (Wildman–Crippen MR) is 139 cm³/mol. The Hall–Kier alpha value is -3.16. The van der Waals surface area contributed by atoms with Gasteiger partial charge in [-0.2, -0.15) is 0 Å². The number of aromatic nitrogens is 1. The number of halogens is 2. The summed E-state index contributed by atoms with van der Waals surface area (Å²) in [7, 11) is 1.98. The highest BCUT2D eigenvalue weighted by Crippen LogP contribution is 2.26. The van der Waals surface area contributed by atoms with Crippen LogP contribution in [0.4, 0.5) is 10.2 Å². The Balaban J connectivity index is 1.37. The summed E-state index contributed by atoms with van der Waals surface area (Å²) in [4.78, 5) is 21.5. The molecule has 1 fully saturated rings. The number of benzene rings is 2. The highest BCUT2D eigenvalue weighted by atomic mass is 35.5. The Morgan fingerprint density at radius 2 is 2.03 bits per heavy atom. The SMILES string of the molecule is CC(C)OC(=O)c1cccnc1N(C)[C@H]1CCN(Cc2cccc(OCc3c(F)cccc3Cl)c2)C1. The van der Waals surface area contributed by atoms with Gasteiger partial charge in [-0.3, -0.25) is 4.90 Å². The van der Waals surface area contributed by atoms with Crippen LogP contribution in [0.5, 0.6) is 5.75 Å². The van der Waals surface area contributed by atoms with Gasteiger partial charge in [0.2, 0.25) is 0 Å². The van der Waals surface area contributed by atoms with E-state index in [1.807, 2.05) is 39.1 Å². The van der Waals surface area contributed by atoms with E-state index in [1.54, 1.807) is 30.5 Å². The second kappa shape index (κ2) is 11.7. The zero-order valence-electron chi connectivity index (χ0n) is 20.8. The molecular formula is C28H31ClFN3O3. The van der Waals surface area contributed by atoms with Gasteiger partial charge in [-0.1, -0.05) is 29.8 Å². The van der Waals surface area contributed by atoms with Gasteiger partial charge in [0.15, 0.2) is 0 Å². The van der Waals surface area contributed by atoms with E-state index in [0.29, 0.717) is 27.7 Å². The number of carbonyl (C=O) groups is 1. The van der Waals surface area contributed by atoms with E-state index in [2.05, 4.69) is 20.9 Å². The van der Waals surface area contributed by atoms with Gasteiger partial charge in [0.1, 0.15) is 29.6 Å². The molecule has 0 spiro atoms. The standard InChI is InChI=1S/C28H31ClFN3O3/c1-19(2)36-28(34)23-9-6-13-31-27(23)32(3)21-12-14-33(17-21)16-20-7-4-8-22(15-20)35-18-24-25(29)10-5-11-26(24)30/h4-11,13,15,19,21H,12,14,16-18H2,1-3H3/t21-/m0/s1. The number of nitrogens with zero attached hydrogens (tertiary/aromatic N) is 3. The molecule has 1 aliphatic heterocycles. The van der Waals surface area contributed by atoms with Crippen LogP contribution in [0.1, 0.15) is 41.8 Å². The first-order valence-corrected chi connectivity index (χ1v) is 12.5. The quantitative estimate of drug-likeness (QED) is 0.342. The topological polar surface area (TPSA) is 54.9 Å². The van der Waals surface area contributed by atoms with Gasteiger partial charge in [-0.25, -0.2) is 14.2 Å². The molecule has 3 aromatic rings. The van der Waals surface area contributed by atoms with Crippen LogP contribution in [-0.2, 0) is 17.9 Å². The number of pyridine rings is 1. The highest BCUT2D eigenvalue weighted by Gasteiger charge is 2.29. The van der Waals surface area contributed by atoms with Crippen LogP contribution < -0.4 is 9.64 Å². The molecule has 0 unspecified atom stereocenters. The number of ether oxygens (including phenoxy) is 2. The molecule has 2 aromatic carbocycles. The maximum absolute atomic E-state index is 14.0. The van der Waals surface area contributed by atoms with Gasteiger partial charge >= 0.3 is 5.97 Å². The molecule has 36 heavy (non-hydrogen) atoms. The highest BCUT2D eigenvalue weighted by molar-refractivity contribution is 6.31. The Morgan fingerprint density at radius 1 is 1.22 bits per heavy atom. The molecule has 1 atom stereocenters. The van der Waals surface area contributed by atoms with E-state index >= 15 is 0 Å². The molecule has 190 valence electrons. The average Bonchev–Trinajstić information content (AvgIpc) is 3.31. The van der Waals surface area contributed by atoms with E-state index in [4.69, 9.17) is 21.1 Å². The fourth-order valence-electron chi connectivity index (χ4n) is 4.38. The van der Waals surface area contributed by atoms with Crippen molar-refractivity contribution in [1.82, 2.24) is 9.88 Å². The molecule has 1 aliphatic rings. The molecule has 4 rings (SSSR count). The first kappa shape index (κ1) is 25.9. The normalized spacial score (nSPS) is 15.8. The first-order valence-electron chi connectivity index (χ1n) is 12.1. The molecule has 0 N–H and O–H groups in total. The fourth-order valence-corrected chi connectivity index (χ4v) is 4.59. The van der Waals surface area contributed by atoms with Crippen molar-refractivity contribution in [3.05, 3.63) is 88.3 Å². The van der Waals surface area contributed by atoms with Crippen LogP contribution in [0, 0.1) is 5.82 Å². The molecule has 1 aromatic heterocycles. The molecule has 1 saturated heterocycles. The number of anilines is 1. The summed E-state index contributed by atoms with van der Waals surface area (Å²) in [6, 6.07) is 16.2. The summed E-state index contributed by atoms with van der Waals surface area (Å²) >= 11 is 6.11. The lowest BCUT2D eigenvalue weighted by atomic mass is 10.2. The summed E-state index contributed by atoms with van der Waals surface area (Å²) in [6.07, 6.45) is 2.46. The van der Waals surface area contributed by atoms with Crippen LogP contribution in [0.2, 0.25) is 5.02 Å². The molecular weight excluding hydrogens is 481 g/mol. The van der Waals surface area contributed by atoms with Gasteiger partial charge in [-0.15, -0.1) is 0 Å². The van der Waals surface area contributed by atoms with Crippen molar-refractivity contribution in [2.45, 2.75) is 45.6 Å². The number of hydrogen-bond donors (Lipinski definition) is 0. The van der Waals surface area contributed by atoms with E-state index in [-0.39, 0.29) is 30.5 Å². The zero-order valence-corrected chi connectivity index (χ0v) is 21.5. The number of likely N-dealkylation sites (N-methyl/N-ethyl adjacent to an activating group) is 1. The number of rotatable bonds is 9. The number of carbonyl (C=O) groups excluding carboxylic acids is 1. The van der Waals surface area contributed by atoms with Gasteiger partial charge in [-0.05, 0) is 62.2 Å². The second-order valence-corrected chi connectivity index (χ2v) is 9.66. The van der Waals surface area contributed by atoms with Gasteiger partial charge in [0.05, 0.1) is 11.1 Å². The Morgan fingerprint density at radius 3 is 2.81 bits per heavy atom. The summed E-state index contributed by atoms with van der Waals surface area (Å²) in [5.41, 5.74) is 1.93. The zero-order chi connectivity index (χ0) is 25.7. The minimum Gasteiger partial charge on any atom is -0.489 e. The second-order valence-electron chi connectivity index (χ2n) is 9.25. The van der Waals surface area contributed by atoms with E-state index in [0.717, 1.165) is 31.6 Å². The molecule has 0 saturated carbocycles. The molecule has 0 aliphatic carbocycles. The Bertz CT molecular complexity index is 1190. The van der Waals surface area contributed by atoms with Crippen molar-refractivity contribution in [3.63, 3.8) is 0 Å². The van der Waals surface area contributed by atoms with Crippen LogP contribution in [0.3, 0.4) is 0 Å². The van der Waals surface area contributed by atoms with E-state index in [9.17, 15) is 9.18 Å². The van der Waals surface area contributed by atoms with E-state index in [1.165, 1.54) is 6.07 Å². The van der Waals surface area contributed by atoms with Crippen molar-refractivity contribution in [2.24, 2.45) is 0 Å². The third-order valence-electron chi connectivity index (χ3n) is 6.23. The van der Waals surface area contributed by atoms with Crippen molar-refractivity contribution in [1.29, 1.82) is 0 Å². The maximum atomic E-state index is 14.0. The minimum atomic E-state index is -0.376. The van der Waals surface area contributed by atoms with Gasteiger partial charge in [0, 0.05) is 44.5 Å². The Kier molecular flexibility index (Phi) is 8.44. The fraction of sp³-hybridized carbons (Fsp3) is 0.357. The molecule has 2 heterocycles. The minimum absolute atomic E-state index is 0.0667. The maximum Gasteiger partial charge on any atom is 0.342 e. The van der Waals surface area contributed by atoms with Crippen molar-refractivity contribution >= 4 is 23.4 Å². The summed E-state index contributed by atoms with van der Waals surface area (Å²) in [5, 5.41) is 0.354. The number of likely N-dealkylation sites (tertiary alicyclic amines) is 1. The van der Waals surface area contributed by atoms with Crippen LogP contribution in [0.25, 0.3) is 0 Å². The van der Waals surface area contributed by atoms with Crippen molar-refractivity contribution in [3.8, 4) is 5.75 Å². The predicted octanol–water partition coefficient (Wildman–Crippen LogP) is 5.73. The third-order valence-corrected chi connectivity index (χ3v) is 6.58. The van der Waals surface area contributed by atoms with Gasteiger partial charge < -0.3 is 14.4 Å². The van der Waals surface area contributed by atoms with Crippen molar-refractivity contribution in [2.75, 3.05) is 25.0 Å². The summed E-state index contributed by atoms with van der Waals surface area (Å²) in [6.45, 7) is 6.25. The monoisotopic (exact) mass is 511 g/mol. The average molecular weight is 512 g/mol. The molecule has 0 bridgehead atoms. The van der Waals surface area contributed by atoms with Crippen LogP contribution in [0.15, 0.2) is 60.8 Å². The number of esters is 1. The van der Waals surface area contributed by atoms with Crippen LogP contribution >= 0.6 is 11.6 Å². The lowest BCUT2D eigenvalue weighted by Gasteiger charge is -2.27. The van der Waals surface area contributed by atoms with Gasteiger partial charge in [0.25, 0.3) is 0 Å². The van der Waals surface area contributed by atoms with Crippen molar-refractivity contribution < 1.29 is 18.7 Å². The number of hydrogen-bond acceptors (Lipinski definition) is 6. The molecule has 0 amide bonds. The lowest BCUT2D eigenvalue weighted by Crippen LogP contribution is -2.36. The third kappa shape index (κ3) is 6.33. The molecule has 6 nitrogen and oxygen atoms in total. The largest absolute Gasteiger partial charge is 0.489 e. The Labute approximate surface area is 216 Å². The molecule has 0 radical (unpaired) electrons. The lowest BCUT2D eigenvalue weighted by molar-refractivity contribution is 0.0378. The first-order chi connectivity index (χ1) is 17.3. The summed E-state index contributed by atoms with van der Waals surface area (Å²) in [5.74, 6) is 0.571. The van der Waals surface area contributed by atoms with Crippen LogP contribution in [-0.4, -0.2) is 48.1 Å².